The number of carbonyl (C=O) groups is 2. The van der Waals surface area contributed by atoms with Crippen LogP contribution in [0.25, 0.3) is 0 Å². The number of carboxylic acids is 1. The number of carbonyl (C=O) groups excluding carboxylic acids is 1. The van der Waals surface area contributed by atoms with Gasteiger partial charge in [0.15, 0.2) is 0 Å². The van der Waals surface area contributed by atoms with Crippen LogP contribution in [0.5, 0.6) is 0 Å². The van der Waals surface area contributed by atoms with Gasteiger partial charge in [-0.15, -0.1) is 0 Å². The molecule has 0 radical (unpaired) electrons. The van der Waals surface area contributed by atoms with Crippen molar-refractivity contribution in [3.05, 3.63) is 0 Å². The highest BCUT2D eigenvalue weighted by atomic mass is 16.5. The number of unbranched alkanes of at least 4 members (excludes halogenated alkanes) is 10. The van der Waals surface area contributed by atoms with Crippen molar-refractivity contribution in [2.75, 3.05) is 0 Å². The zero-order valence-electron chi connectivity index (χ0n) is 19.1. The second-order valence-corrected chi connectivity index (χ2v) is 9.06. The predicted molar refractivity (Wildman–Crippen MR) is 119 cm³/mol. The molecule has 0 aromatic heterocycles. The third-order valence-electron chi connectivity index (χ3n) is 6.45. The predicted octanol–water partition coefficient (Wildman–Crippen LogP) is 7.29. The van der Waals surface area contributed by atoms with E-state index >= 15 is 0 Å². The average molecular weight is 411 g/mol. The average Bonchev–Trinajstić information content (AvgIpc) is 2.73. The number of carboxylic acid groups (broad SMARTS) is 1. The summed E-state index contributed by atoms with van der Waals surface area (Å²) in [6.07, 6.45) is 19.9. The maximum atomic E-state index is 12.6. The summed E-state index contributed by atoms with van der Waals surface area (Å²) in [5.41, 5.74) is 0. The summed E-state index contributed by atoms with van der Waals surface area (Å²) < 4.78 is 5.88. The van der Waals surface area contributed by atoms with Crippen LogP contribution in [0.1, 0.15) is 129 Å². The molecule has 0 bridgehead atoms. The Labute approximate surface area is 179 Å². The highest BCUT2D eigenvalue weighted by Gasteiger charge is 2.31. The molecule has 1 aliphatic carbocycles. The molecule has 1 atom stereocenters. The van der Waals surface area contributed by atoms with Gasteiger partial charge in [-0.2, -0.15) is 0 Å². The van der Waals surface area contributed by atoms with Crippen molar-refractivity contribution in [1.29, 1.82) is 0 Å². The first-order valence-electron chi connectivity index (χ1n) is 12.5. The molecule has 1 aliphatic rings. The Hall–Kier alpha value is -1.06. The molecule has 4 nitrogen and oxygen atoms in total. The summed E-state index contributed by atoms with van der Waals surface area (Å²) in [5, 5.41) is 9.11. The van der Waals surface area contributed by atoms with Crippen molar-refractivity contribution in [2.45, 2.75) is 136 Å². The van der Waals surface area contributed by atoms with Crippen LogP contribution in [0.2, 0.25) is 0 Å². The van der Waals surface area contributed by atoms with E-state index in [4.69, 9.17) is 9.84 Å². The molecule has 170 valence electrons. The third-order valence-corrected chi connectivity index (χ3v) is 6.45. The molecule has 1 saturated carbocycles. The van der Waals surface area contributed by atoms with E-state index in [2.05, 4.69) is 13.8 Å². The largest absolute Gasteiger partial charge is 0.481 e. The van der Waals surface area contributed by atoms with Gasteiger partial charge in [0.05, 0.1) is 11.8 Å². The quantitative estimate of drug-likeness (QED) is 0.202. The van der Waals surface area contributed by atoms with Crippen LogP contribution in [0.3, 0.4) is 0 Å². The zero-order chi connectivity index (χ0) is 21.3. The molecule has 1 rings (SSSR count). The summed E-state index contributed by atoms with van der Waals surface area (Å²) >= 11 is 0. The summed E-state index contributed by atoms with van der Waals surface area (Å²) in [5.74, 6) is -1.18. The number of esters is 1. The van der Waals surface area contributed by atoms with Crippen LogP contribution in [-0.4, -0.2) is 23.1 Å². The van der Waals surface area contributed by atoms with Gasteiger partial charge >= 0.3 is 11.9 Å². The Morgan fingerprint density at radius 3 is 1.69 bits per heavy atom. The van der Waals surface area contributed by atoms with Crippen molar-refractivity contribution in [3.8, 4) is 0 Å². The van der Waals surface area contributed by atoms with Crippen LogP contribution in [-0.2, 0) is 14.3 Å². The van der Waals surface area contributed by atoms with Gasteiger partial charge in [0.2, 0.25) is 0 Å². The number of hydrogen-bond acceptors (Lipinski definition) is 3. The summed E-state index contributed by atoms with van der Waals surface area (Å²) in [4.78, 5) is 23.6. The van der Waals surface area contributed by atoms with Crippen molar-refractivity contribution in [3.63, 3.8) is 0 Å². The second kappa shape index (κ2) is 16.7. The SMILES string of the molecule is CCCCCCCCCCCCC(CCCC)OC(=O)C1CCC(C(=O)O)CC1. The molecule has 0 aromatic carbocycles. The van der Waals surface area contributed by atoms with Crippen LogP contribution in [0, 0.1) is 11.8 Å². The molecule has 29 heavy (non-hydrogen) atoms. The van der Waals surface area contributed by atoms with Gasteiger partial charge in [0, 0.05) is 0 Å². The molecular weight excluding hydrogens is 364 g/mol. The fraction of sp³-hybridized carbons (Fsp3) is 0.920. The molecule has 0 aliphatic heterocycles. The lowest BCUT2D eigenvalue weighted by molar-refractivity contribution is -0.158. The van der Waals surface area contributed by atoms with Gasteiger partial charge < -0.3 is 9.84 Å². The van der Waals surface area contributed by atoms with Crippen molar-refractivity contribution >= 4 is 11.9 Å². The molecule has 0 amide bonds. The van der Waals surface area contributed by atoms with Gasteiger partial charge in [-0.05, 0) is 44.9 Å². The molecule has 1 N–H and O–H groups in total. The van der Waals surface area contributed by atoms with Gasteiger partial charge in [0.1, 0.15) is 6.10 Å². The van der Waals surface area contributed by atoms with E-state index in [1.807, 2.05) is 0 Å². The highest BCUT2D eigenvalue weighted by Crippen LogP contribution is 2.30. The molecule has 0 saturated heterocycles. The molecule has 0 aromatic rings. The molecule has 0 spiro atoms. The lowest BCUT2D eigenvalue weighted by Gasteiger charge is -2.27. The number of hydrogen-bond donors (Lipinski definition) is 1. The molecule has 0 heterocycles. The summed E-state index contributed by atoms with van der Waals surface area (Å²) in [6, 6.07) is 0. The van der Waals surface area contributed by atoms with E-state index in [1.54, 1.807) is 0 Å². The molecule has 1 unspecified atom stereocenters. The maximum absolute atomic E-state index is 12.6. The Morgan fingerprint density at radius 1 is 0.724 bits per heavy atom. The normalized spacial score (nSPS) is 20.3. The van der Waals surface area contributed by atoms with Crippen LogP contribution < -0.4 is 0 Å². The van der Waals surface area contributed by atoms with E-state index in [1.165, 1.54) is 57.8 Å². The van der Waals surface area contributed by atoms with E-state index in [0.29, 0.717) is 25.7 Å². The van der Waals surface area contributed by atoms with Crippen molar-refractivity contribution in [2.24, 2.45) is 11.8 Å². The van der Waals surface area contributed by atoms with E-state index in [-0.39, 0.29) is 23.9 Å². The molecular formula is C25H46O4. The Bertz CT molecular complexity index is 427. The topological polar surface area (TPSA) is 63.6 Å². The first-order chi connectivity index (χ1) is 14.1. The fourth-order valence-electron chi connectivity index (χ4n) is 4.39. The smallest absolute Gasteiger partial charge is 0.309 e. The van der Waals surface area contributed by atoms with Crippen LogP contribution in [0.4, 0.5) is 0 Å². The summed E-state index contributed by atoms with van der Waals surface area (Å²) in [6.45, 7) is 4.43. The minimum atomic E-state index is -0.724. The minimum absolute atomic E-state index is 0.0497. The lowest BCUT2D eigenvalue weighted by Crippen LogP contribution is -2.29. The third kappa shape index (κ3) is 12.3. The first kappa shape index (κ1) is 26.0. The number of ether oxygens (including phenoxy) is 1. The second-order valence-electron chi connectivity index (χ2n) is 9.06. The van der Waals surface area contributed by atoms with Crippen molar-refractivity contribution in [1.82, 2.24) is 0 Å². The van der Waals surface area contributed by atoms with Crippen LogP contribution in [0.15, 0.2) is 0 Å². The monoisotopic (exact) mass is 410 g/mol. The van der Waals surface area contributed by atoms with E-state index < -0.39 is 5.97 Å². The van der Waals surface area contributed by atoms with Crippen molar-refractivity contribution < 1.29 is 19.4 Å². The van der Waals surface area contributed by atoms with Gasteiger partial charge in [-0.25, -0.2) is 0 Å². The van der Waals surface area contributed by atoms with Gasteiger partial charge in [-0.3, -0.25) is 9.59 Å². The van der Waals surface area contributed by atoms with E-state index in [9.17, 15) is 9.59 Å². The highest BCUT2D eigenvalue weighted by molar-refractivity contribution is 5.74. The first-order valence-corrected chi connectivity index (χ1v) is 12.5. The number of aliphatic carboxylic acids is 1. The Morgan fingerprint density at radius 2 is 1.17 bits per heavy atom. The molecule has 1 fully saturated rings. The van der Waals surface area contributed by atoms with Gasteiger partial charge in [-0.1, -0.05) is 84.5 Å². The van der Waals surface area contributed by atoms with Gasteiger partial charge in [0.25, 0.3) is 0 Å². The zero-order valence-corrected chi connectivity index (χ0v) is 19.1. The van der Waals surface area contributed by atoms with Crippen LogP contribution >= 0.6 is 0 Å². The standard InChI is InChI=1S/C25H46O4/c1-3-5-7-8-9-10-11-12-13-14-16-23(15-6-4-2)29-25(28)22-19-17-21(18-20-22)24(26)27/h21-23H,3-20H2,1-2H3,(H,26,27). The Balaban J connectivity index is 2.19. The maximum Gasteiger partial charge on any atom is 0.309 e. The minimum Gasteiger partial charge on any atom is -0.481 e. The fourth-order valence-corrected chi connectivity index (χ4v) is 4.39. The lowest BCUT2D eigenvalue weighted by atomic mass is 9.82. The van der Waals surface area contributed by atoms with E-state index in [0.717, 1.165) is 32.1 Å². The molecule has 4 heteroatoms. The summed E-state index contributed by atoms with van der Waals surface area (Å²) in [7, 11) is 0. The number of rotatable bonds is 17. The Kier molecular flexibility index (Phi) is 15.0.